The number of esters is 2. The molecule has 0 radical (unpaired) electrons. The zero-order chi connectivity index (χ0) is 23.9. The third kappa shape index (κ3) is 12.2. The smallest absolute Gasteiger partial charge is 0.308 e. The number of nitrogens with zero attached hydrogens (tertiary/aromatic N) is 1. The lowest BCUT2D eigenvalue weighted by Gasteiger charge is -2.32. The second-order valence-electron chi connectivity index (χ2n) is 7.96. The van der Waals surface area contributed by atoms with Gasteiger partial charge in [0.1, 0.15) is 0 Å². The molecule has 196 valence electrons. The molecule has 0 saturated carbocycles. The molecule has 0 atom stereocenters. The highest BCUT2D eigenvalue weighted by atomic mass is 79.9. The van der Waals surface area contributed by atoms with Crippen LogP contribution in [0.3, 0.4) is 0 Å². The second kappa shape index (κ2) is 18.9. The summed E-state index contributed by atoms with van der Waals surface area (Å²) in [5, 5.41) is 3.19. The average molecular weight is 552 g/mol. The van der Waals surface area contributed by atoms with Crippen LogP contribution in [-0.4, -0.2) is 52.3 Å². The number of anilines is 1. The third-order valence-electron chi connectivity index (χ3n) is 5.76. The topological polar surface area (TPSA) is 67.9 Å². The molecule has 7 heteroatoms. The Labute approximate surface area is 220 Å². The van der Waals surface area contributed by atoms with E-state index in [0.29, 0.717) is 0 Å². The summed E-state index contributed by atoms with van der Waals surface area (Å²) in [6.45, 7) is 3.76. The van der Waals surface area contributed by atoms with Crippen LogP contribution in [0.5, 0.6) is 0 Å². The lowest BCUT2D eigenvalue weighted by atomic mass is 9.96. The van der Waals surface area contributed by atoms with Gasteiger partial charge in [0.15, 0.2) is 0 Å². The summed E-state index contributed by atoms with van der Waals surface area (Å²) in [4.78, 5) is 24.6. The second-order valence-corrected chi connectivity index (χ2v) is 8.88. The summed E-state index contributed by atoms with van der Waals surface area (Å²) in [6.07, 6.45) is 3.63. The van der Waals surface area contributed by atoms with Gasteiger partial charge < -0.3 is 19.7 Å². The molecular weight excluding hydrogens is 508 g/mol. The molecule has 0 aliphatic carbocycles. The number of benzene rings is 2. The molecule has 2 aliphatic rings. The fraction of sp³-hybridized carbons (Fsp3) is 0.500. The molecule has 2 aromatic rings. The van der Waals surface area contributed by atoms with Crippen molar-refractivity contribution in [2.75, 3.05) is 45.3 Å². The fourth-order valence-corrected chi connectivity index (χ4v) is 4.12. The highest BCUT2D eigenvalue weighted by molar-refractivity contribution is 9.10. The Morgan fingerprint density at radius 2 is 1.20 bits per heavy atom. The Hall–Kier alpha value is -2.38. The van der Waals surface area contributed by atoms with Crippen LogP contribution in [0.15, 0.2) is 65.1 Å². The van der Waals surface area contributed by atoms with Gasteiger partial charge >= 0.3 is 11.9 Å². The highest BCUT2D eigenvalue weighted by Gasteiger charge is 2.25. The first kappa shape index (κ1) is 32.6. The molecule has 2 fully saturated rings. The molecule has 1 N–H and O–H groups in total. The molecule has 4 rings (SSSR count). The van der Waals surface area contributed by atoms with Gasteiger partial charge in [-0.2, -0.15) is 0 Å². The third-order valence-corrected chi connectivity index (χ3v) is 6.29. The number of carbonyl (C=O) groups excluding carboxylic acids is 2. The summed E-state index contributed by atoms with van der Waals surface area (Å²) in [6, 6.07) is 20.3. The first-order valence-electron chi connectivity index (χ1n) is 11.4. The van der Waals surface area contributed by atoms with Crippen LogP contribution < -0.4 is 10.2 Å². The molecule has 0 spiro atoms. The van der Waals surface area contributed by atoms with E-state index in [1.807, 2.05) is 48.5 Å². The van der Waals surface area contributed by atoms with Crippen molar-refractivity contribution in [3.05, 3.63) is 65.1 Å². The van der Waals surface area contributed by atoms with Gasteiger partial charge in [-0.15, -0.1) is 0 Å². The molecule has 35 heavy (non-hydrogen) atoms. The summed E-state index contributed by atoms with van der Waals surface area (Å²) < 4.78 is 10.5. The Kier molecular flexibility index (Phi) is 17.6. The molecule has 0 unspecified atom stereocenters. The Morgan fingerprint density at radius 1 is 0.771 bits per heavy atom. The number of halogens is 1. The molecule has 0 aromatic heterocycles. The largest absolute Gasteiger partial charge is 0.469 e. The van der Waals surface area contributed by atoms with Crippen LogP contribution >= 0.6 is 15.9 Å². The Balaban J connectivity index is 0.000000525. The lowest BCUT2D eigenvalue weighted by molar-refractivity contribution is -0.147. The van der Waals surface area contributed by atoms with Crippen molar-refractivity contribution < 1.29 is 19.1 Å². The molecule has 2 heterocycles. The first-order valence-corrected chi connectivity index (χ1v) is 12.2. The van der Waals surface area contributed by atoms with Gasteiger partial charge in [-0.05, 0) is 63.0 Å². The fourth-order valence-electron chi connectivity index (χ4n) is 3.82. The van der Waals surface area contributed by atoms with Gasteiger partial charge in [-0.1, -0.05) is 67.2 Å². The number of ether oxygens (including phenoxy) is 2. The number of rotatable bonds is 3. The standard InChI is InChI=1S/C13H17NO2.C7H13NO2.C6H5Br.2CH4/c1-16-13(15)11-7-9-14(10-8-11)12-5-3-2-4-6-12;1-10-7(9)6-2-4-8-5-3-6;7-6-4-2-1-3-5-6;;/h2-6,11H,7-10H2,1H3;6,8H,2-5H2,1H3;1-5H;2*1H4. The van der Waals surface area contributed by atoms with Crippen LogP contribution in [0.2, 0.25) is 0 Å². The van der Waals surface area contributed by atoms with Crippen LogP contribution in [-0.2, 0) is 19.1 Å². The maximum absolute atomic E-state index is 11.4. The Morgan fingerprint density at radius 3 is 1.60 bits per heavy atom. The van der Waals surface area contributed by atoms with Crippen LogP contribution in [0.1, 0.15) is 40.5 Å². The maximum atomic E-state index is 11.4. The van der Waals surface area contributed by atoms with Gasteiger partial charge in [0.05, 0.1) is 26.1 Å². The highest BCUT2D eigenvalue weighted by Crippen LogP contribution is 2.23. The van der Waals surface area contributed by atoms with Gasteiger partial charge in [0.2, 0.25) is 0 Å². The SMILES string of the molecule is Brc1ccccc1.C.C.COC(=O)C1CCN(c2ccccc2)CC1.COC(=O)C1CCNCC1. The normalized spacial score (nSPS) is 15.5. The van der Waals surface area contributed by atoms with Crippen molar-refractivity contribution >= 4 is 33.6 Å². The van der Waals surface area contributed by atoms with E-state index in [4.69, 9.17) is 4.74 Å². The van der Waals surface area contributed by atoms with Gasteiger partial charge in [-0.25, -0.2) is 0 Å². The molecule has 2 saturated heterocycles. The van der Waals surface area contributed by atoms with Crippen molar-refractivity contribution in [3.8, 4) is 0 Å². The van der Waals surface area contributed by atoms with E-state index in [-0.39, 0.29) is 38.6 Å². The number of hydrogen-bond donors (Lipinski definition) is 1. The number of piperidine rings is 2. The lowest BCUT2D eigenvalue weighted by Crippen LogP contribution is -2.36. The quantitative estimate of drug-likeness (QED) is 0.475. The van der Waals surface area contributed by atoms with E-state index in [1.54, 1.807) is 0 Å². The van der Waals surface area contributed by atoms with Crippen LogP contribution in [0, 0.1) is 11.8 Å². The van der Waals surface area contributed by atoms with Gasteiger partial charge in [0.25, 0.3) is 0 Å². The molecule has 2 aliphatic heterocycles. The van der Waals surface area contributed by atoms with Gasteiger partial charge in [0, 0.05) is 23.2 Å². The predicted molar refractivity (Wildman–Crippen MR) is 149 cm³/mol. The molecule has 0 bridgehead atoms. The van der Waals surface area contributed by atoms with Crippen molar-refractivity contribution in [3.63, 3.8) is 0 Å². The number of hydrogen-bond acceptors (Lipinski definition) is 6. The number of carbonyl (C=O) groups is 2. The van der Waals surface area contributed by atoms with E-state index in [2.05, 4.69) is 43.0 Å². The Bertz CT molecular complexity index is 806. The van der Waals surface area contributed by atoms with Crippen molar-refractivity contribution in [1.29, 1.82) is 0 Å². The van der Waals surface area contributed by atoms with Crippen LogP contribution in [0.4, 0.5) is 5.69 Å². The van der Waals surface area contributed by atoms with Gasteiger partial charge in [-0.3, -0.25) is 9.59 Å². The molecule has 0 amide bonds. The first-order chi connectivity index (χ1) is 16.0. The minimum absolute atomic E-state index is 0. The maximum Gasteiger partial charge on any atom is 0.308 e. The summed E-state index contributed by atoms with van der Waals surface area (Å²) in [7, 11) is 2.91. The van der Waals surface area contributed by atoms with E-state index in [0.717, 1.165) is 56.3 Å². The zero-order valence-electron chi connectivity index (χ0n) is 19.5. The van der Waals surface area contributed by atoms with Crippen LogP contribution in [0.25, 0.3) is 0 Å². The average Bonchev–Trinajstić information content (AvgIpc) is 2.90. The van der Waals surface area contributed by atoms with Crippen molar-refractivity contribution in [2.24, 2.45) is 11.8 Å². The molecule has 6 nitrogen and oxygen atoms in total. The monoisotopic (exact) mass is 550 g/mol. The number of methoxy groups -OCH3 is 2. The minimum atomic E-state index is -0.0623. The van der Waals surface area contributed by atoms with Crippen molar-refractivity contribution in [2.45, 2.75) is 40.5 Å². The molecule has 2 aromatic carbocycles. The van der Waals surface area contributed by atoms with E-state index < -0.39 is 0 Å². The number of nitrogens with one attached hydrogen (secondary N) is 1. The minimum Gasteiger partial charge on any atom is -0.469 e. The van der Waals surface area contributed by atoms with Crippen molar-refractivity contribution in [1.82, 2.24) is 5.32 Å². The van der Waals surface area contributed by atoms with E-state index in [1.165, 1.54) is 19.9 Å². The summed E-state index contributed by atoms with van der Waals surface area (Å²) in [5.41, 5.74) is 1.24. The zero-order valence-corrected chi connectivity index (χ0v) is 21.1. The predicted octanol–water partition coefficient (Wildman–Crippen LogP) is 5.96. The van der Waals surface area contributed by atoms with E-state index >= 15 is 0 Å². The number of para-hydroxylation sites is 1. The van der Waals surface area contributed by atoms with E-state index in [9.17, 15) is 9.59 Å². The summed E-state index contributed by atoms with van der Waals surface area (Å²) in [5.74, 6) is 0.116. The summed E-state index contributed by atoms with van der Waals surface area (Å²) >= 11 is 3.31. The molecular formula is C28H43BrN2O4.